The van der Waals surface area contributed by atoms with Crippen molar-refractivity contribution in [1.29, 1.82) is 0 Å². The van der Waals surface area contributed by atoms with Crippen LogP contribution < -0.4 is 5.73 Å². The topological polar surface area (TPSA) is 63.3 Å². The number of rotatable bonds is 3. The highest BCUT2D eigenvalue weighted by atomic mass is 19.4. The summed E-state index contributed by atoms with van der Waals surface area (Å²) in [6.07, 6.45) is -5.00. The van der Waals surface area contributed by atoms with Crippen LogP contribution in [0.2, 0.25) is 0 Å². The fourth-order valence-corrected chi connectivity index (χ4v) is 1.42. The van der Waals surface area contributed by atoms with Crippen molar-refractivity contribution in [1.82, 2.24) is 0 Å². The summed E-state index contributed by atoms with van der Waals surface area (Å²) in [6.45, 7) is -0.513. The molecule has 0 aromatic heterocycles. The summed E-state index contributed by atoms with van der Waals surface area (Å²) >= 11 is 0. The van der Waals surface area contributed by atoms with Gasteiger partial charge in [-0.15, -0.1) is 0 Å². The maximum atomic E-state index is 13.3. The molecule has 7 heteroatoms. The second-order valence-electron chi connectivity index (χ2n) is 3.33. The van der Waals surface area contributed by atoms with Crippen molar-refractivity contribution in [2.75, 3.05) is 6.61 Å². The summed E-state index contributed by atoms with van der Waals surface area (Å²) in [6, 6.07) is 0.820. The van der Waals surface area contributed by atoms with Gasteiger partial charge in [-0.25, -0.2) is 4.39 Å². The predicted molar refractivity (Wildman–Crippen MR) is 50.7 cm³/mol. The van der Waals surface area contributed by atoms with Gasteiger partial charge in [-0.3, -0.25) is 4.79 Å². The Morgan fingerprint density at radius 2 is 1.94 bits per heavy atom. The van der Waals surface area contributed by atoms with Gasteiger partial charge in [0.25, 0.3) is 5.91 Å². The molecule has 17 heavy (non-hydrogen) atoms. The third-order valence-electron chi connectivity index (χ3n) is 2.13. The number of primary amides is 1. The van der Waals surface area contributed by atoms with E-state index < -0.39 is 35.6 Å². The molecule has 0 saturated carbocycles. The SMILES string of the molecule is NC(=O)c1c(F)cc(C(F)(F)F)cc1CCO. The molecule has 0 fully saturated rings. The molecule has 0 aliphatic heterocycles. The lowest BCUT2D eigenvalue weighted by molar-refractivity contribution is -0.137. The van der Waals surface area contributed by atoms with Crippen molar-refractivity contribution >= 4 is 5.91 Å². The van der Waals surface area contributed by atoms with Crippen LogP contribution in [-0.2, 0) is 12.6 Å². The number of aliphatic hydroxyl groups excluding tert-OH is 1. The minimum absolute atomic E-state index is 0.209. The first-order chi connectivity index (χ1) is 7.77. The van der Waals surface area contributed by atoms with Crippen molar-refractivity contribution < 1.29 is 27.5 Å². The molecule has 94 valence electrons. The van der Waals surface area contributed by atoms with Gasteiger partial charge in [-0.1, -0.05) is 0 Å². The number of hydrogen-bond donors (Lipinski definition) is 2. The zero-order valence-corrected chi connectivity index (χ0v) is 8.51. The Morgan fingerprint density at radius 3 is 2.35 bits per heavy atom. The average molecular weight is 251 g/mol. The molecule has 0 spiro atoms. The van der Waals surface area contributed by atoms with Crippen LogP contribution in [0.25, 0.3) is 0 Å². The molecule has 1 aromatic rings. The van der Waals surface area contributed by atoms with Crippen LogP contribution >= 0.6 is 0 Å². The van der Waals surface area contributed by atoms with Crippen LogP contribution in [0, 0.1) is 5.82 Å². The number of benzene rings is 1. The zero-order valence-electron chi connectivity index (χ0n) is 8.51. The normalized spacial score (nSPS) is 11.6. The van der Waals surface area contributed by atoms with E-state index >= 15 is 0 Å². The highest BCUT2D eigenvalue weighted by Gasteiger charge is 2.32. The number of aliphatic hydroxyl groups is 1. The lowest BCUT2D eigenvalue weighted by Gasteiger charge is -2.12. The number of hydrogen-bond acceptors (Lipinski definition) is 2. The first kappa shape index (κ1) is 13.4. The quantitative estimate of drug-likeness (QED) is 0.799. The molecule has 1 rings (SSSR count). The van der Waals surface area contributed by atoms with Gasteiger partial charge in [0.1, 0.15) is 5.82 Å². The van der Waals surface area contributed by atoms with E-state index in [1.54, 1.807) is 0 Å². The van der Waals surface area contributed by atoms with Crippen LogP contribution in [0.1, 0.15) is 21.5 Å². The maximum absolute atomic E-state index is 13.3. The number of nitrogens with two attached hydrogens (primary N) is 1. The summed E-state index contributed by atoms with van der Waals surface area (Å²) in [5, 5.41) is 8.65. The summed E-state index contributed by atoms with van der Waals surface area (Å²) in [4.78, 5) is 10.9. The molecule has 0 unspecified atom stereocenters. The Bertz CT molecular complexity index is 443. The summed E-state index contributed by atoms with van der Waals surface area (Å²) in [5.41, 5.74) is 2.77. The van der Waals surface area contributed by atoms with Crippen LogP contribution in [0.4, 0.5) is 17.6 Å². The van der Waals surface area contributed by atoms with Crippen molar-refractivity contribution in [3.8, 4) is 0 Å². The highest BCUT2D eigenvalue weighted by molar-refractivity contribution is 5.94. The van der Waals surface area contributed by atoms with Gasteiger partial charge < -0.3 is 10.8 Å². The summed E-state index contributed by atoms with van der Waals surface area (Å²) in [5.74, 6) is -2.50. The molecule has 0 heterocycles. The Balaban J connectivity index is 3.41. The van der Waals surface area contributed by atoms with Crippen LogP contribution in [0.5, 0.6) is 0 Å². The van der Waals surface area contributed by atoms with E-state index in [9.17, 15) is 22.4 Å². The Morgan fingerprint density at radius 1 is 1.35 bits per heavy atom. The van der Waals surface area contributed by atoms with Gasteiger partial charge in [0.05, 0.1) is 11.1 Å². The smallest absolute Gasteiger partial charge is 0.396 e. The molecular weight excluding hydrogens is 242 g/mol. The van der Waals surface area contributed by atoms with Gasteiger partial charge in [0.15, 0.2) is 0 Å². The minimum Gasteiger partial charge on any atom is -0.396 e. The van der Waals surface area contributed by atoms with E-state index in [1.807, 2.05) is 0 Å². The van der Waals surface area contributed by atoms with Crippen LogP contribution in [0.15, 0.2) is 12.1 Å². The Labute approximate surface area is 93.8 Å². The molecule has 1 aromatic carbocycles. The molecule has 0 bridgehead atoms. The third kappa shape index (κ3) is 2.94. The van der Waals surface area contributed by atoms with E-state index in [4.69, 9.17) is 10.8 Å². The molecular formula is C10H9F4NO2. The average Bonchev–Trinajstić information content (AvgIpc) is 2.15. The van der Waals surface area contributed by atoms with Crippen molar-refractivity contribution in [3.63, 3.8) is 0 Å². The second kappa shape index (κ2) is 4.70. The standard InChI is InChI=1S/C10H9F4NO2/c11-7-4-6(10(12,13)14)3-5(1-2-16)8(7)9(15)17/h3-4,16H,1-2H2,(H2,15,17). The Hall–Kier alpha value is -1.63. The van der Waals surface area contributed by atoms with E-state index in [-0.39, 0.29) is 18.1 Å². The lowest BCUT2D eigenvalue weighted by Crippen LogP contribution is -2.18. The van der Waals surface area contributed by atoms with E-state index in [0.717, 1.165) is 0 Å². The van der Waals surface area contributed by atoms with Crippen molar-refractivity contribution in [3.05, 3.63) is 34.6 Å². The summed E-state index contributed by atoms with van der Waals surface area (Å²) < 4.78 is 50.5. The predicted octanol–water partition coefficient (Wildman–Crippen LogP) is 1.48. The molecule has 0 atom stereocenters. The van der Waals surface area contributed by atoms with E-state index in [2.05, 4.69) is 0 Å². The van der Waals surface area contributed by atoms with Gasteiger partial charge in [-0.05, 0) is 24.1 Å². The van der Waals surface area contributed by atoms with Crippen molar-refractivity contribution in [2.24, 2.45) is 5.73 Å². The van der Waals surface area contributed by atoms with E-state index in [1.165, 1.54) is 0 Å². The molecule has 1 amide bonds. The number of carbonyl (C=O) groups excluding carboxylic acids is 1. The first-order valence-corrected chi connectivity index (χ1v) is 4.57. The first-order valence-electron chi connectivity index (χ1n) is 4.57. The fraction of sp³-hybridized carbons (Fsp3) is 0.300. The monoisotopic (exact) mass is 251 g/mol. The molecule has 0 aliphatic carbocycles. The lowest BCUT2D eigenvalue weighted by atomic mass is 10.00. The molecule has 0 saturated heterocycles. The number of amides is 1. The largest absolute Gasteiger partial charge is 0.416 e. The van der Waals surface area contributed by atoms with Gasteiger partial charge in [0, 0.05) is 6.61 Å². The third-order valence-corrected chi connectivity index (χ3v) is 2.13. The maximum Gasteiger partial charge on any atom is 0.416 e. The number of alkyl halides is 3. The van der Waals surface area contributed by atoms with Gasteiger partial charge >= 0.3 is 6.18 Å². The summed E-state index contributed by atoms with van der Waals surface area (Å²) in [7, 11) is 0. The highest BCUT2D eigenvalue weighted by Crippen LogP contribution is 2.31. The minimum atomic E-state index is -4.72. The Kier molecular flexibility index (Phi) is 3.72. The number of carbonyl (C=O) groups is 1. The molecule has 3 N–H and O–H groups in total. The number of halogens is 4. The van der Waals surface area contributed by atoms with Crippen LogP contribution in [-0.4, -0.2) is 17.6 Å². The zero-order chi connectivity index (χ0) is 13.2. The molecule has 0 radical (unpaired) electrons. The molecule has 0 aliphatic rings. The fourth-order valence-electron chi connectivity index (χ4n) is 1.42. The van der Waals surface area contributed by atoms with Crippen LogP contribution in [0.3, 0.4) is 0 Å². The van der Waals surface area contributed by atoms with Gasteiger partial charge in [-0.2, -0.15) is 13.2 Å². The van der Waals surface area contributed by atoms with E-state index in [0.29, 0.717) is 6.07 Å². The van der Waals surface area contributed by atoms with Crippen molar-refractivity contribution in [2.45, 2.75) is 12.6 Å². The van der Waals surface area contributed by atoms with Gasteiger partial charge in [0.2, 0.25) is 0 Å². The second-order valence-corrected chi connectivity index (χ2v) is 3.33. The molecule has 3 nitrogen and oxygen atoms in total.